The van der Waals surface area contributed by atoms with Gasteiger partial charge in [0.25, 0.3) is 0 Å². The summed E-state index contributed by atoms with van der Waals surface area (Å²) in [5.41, 5.74) is 0. The van der Waals surface area contributed by atoms with Crippen LogP contribution >= 0.6 is 15.9 Å². The lowest BCUT2D eigenvalue weighted by Gasteiger charge is -2.25. The quantitative estimate of drug-likeness (QED) is 0.0533. The molecule has 0 aromatic rings. The van der Waals surface area contributed by atoms with Crippen LogP contribution in [0.5, 0.6) is 0 Å². The van der Waals surface area contributed by atoms with Crippen molar-refractivity contribution in [3.8, 4) is 0 Å². The first-order valence-corrected chi connectivity index (χ1v) is 33.5. The predicted octanol–water partition coefficient (Wildman–Crippen LogP) is 25.0. The molecule has 0 spiro atoms. The molecule has 0 radical (unpaired) electrons. The van der Waals surface area contributed by atoms with E-state index in [1.54, 1.807) is 0 Å². The Labute approximate surface area is 449 Å². The van der Waals surface area contributed by atoms with Crippen molar-refractivity contribution in [2.45, 2.75) is 342 Å². The Kier molecular flexibility index (Phi) is 46.2. The number of hydrogen-bond acceptors (Lipinski definition) is 0. The largest absolute Gasteiger partial charge is 0.0928 e. The van der Waals surface area contributed by atoms with Gasteiger partial charge in [-0.25, -0.2) is 0 Å². The van der Waals surface area contributed by atoms with E-state index in [-0.39, 0.29) is 0 Å². The fourth-order valence-corrected chi connectivity index (χ4v) is 12.4. The van der Waals surface area contributed by atoms with Gasteiger partial charge in [0.1, 0.15) is 0 Å². The first-order valence-electron chi connectivity index (χ1n) is 32.3. The molecule has 0 saturated carbocycles. The normalized spacial score (nSPS) is 13.0. The first kappa shape index (κ1) is 69.5. The van der Waals surface area contributed by atoms with E-state index in [0.717, 1.165) is 88.8 Å². The number of alkyl halides is 1. The van der Waals surface area contributed by atoms with Crippen LogP contribution in [0, 0.1) is 88.8 Å². The lowest BCUT2D eigenvalue weighted by molar-refractivity contribution is 0.283. The second kappa shape index (κ2) is 45.8. The van der Waals surface area contributed by atoms with Crippen LogP contribution in [0.3, 0.4) is 0 Å². The monoisotopic (exact) mass is 1030 g/mol. The van der Waals surface area contributed by atoms with Gasteiger partial charge in [0.15, 0.2) is 0 Å². The molecule has 0 aromatic heterocycles. The molecule has 0 fully saturated rings. The van der Waals surface area contributed by atoms with Crippen molar-refractivity contribution in [2.24, 2.45) is 88.8 Å². The second-order valence-electron chi connectivity index (χ2n) is 28.2. The van der Waals surface area contributed by atoms with Crippen LogP contribution in [-0.2, 0) is 0 Å². The average molecular weight is 1030 g/mol. The van der Waals surface area contributed by atoms with E-state index in [0.29, 0.717) is 0 Å². The molecule has 0 heterocycles. The maximum absolute atomic E-state index is 3.87. The number of rotatable bonds is 51. The fraction of sp³-hybridized carbons (Fsp3) is 1.00. The summed E-state index contributed by atoms with van der Waals surface area (Å²) in [4.78, 5) is 0. The lowest BCUT2D eigenvalue weighted by Crippen LogP contribution is -2.10. The second-order valence-corrected chi connectivity index (χ2v) is 29.0. The molecule has 0 nitrogen and oxygen atoms in total. The average Bonchev–Trinajstić information content (AvgIpc) is 3.27. The maximum Gasteiger partial charge on any atom is 0.00314 e. The number of halogens is 1. The highest BCUT2D eigenvalue weighted by Gasteiger charge is 2.20. The molecule has 0 saturated heterocycles. The van der Waals surface area contributed by atoms with E-state index in [4.69, 9.17) is 0 Å². The van der Waals surface area contributed by atoms with Crippen LogP contribution in [-0.4, -0.2) is 5.33 Å². The van der Waals surface area contributed by atoms with Gasteiger partial charge < -0.3 is 0 Å². The van der Waals surface area contributed by atoms with Crippen molar-refractivity contribution < 1.29 is 0 Å². The molecule has 0 rings (SSSR count). The Balaban J connectivity index is 5.93. The minimum absolute atomic E-state index is 0.843. The van der Waals surface area contributed by atoms with Crippen LogP contribution in [0.1, 0.15) is 342 Å². The summed E-state index contributed by atoms with van der Waals surface area (Å²) >= 11 is 3.87. The zero-order chi connectivity index (χ0) is 51.8. The van der Waals surface area contributed by atoms with Gasteiger partial charge in [-0.1, -0.05) is 345 Å². The zero-order valence-electron chi connectivity index (χ0n) is 51.2. The number of hydrogen-bond donors (Lipinski definition) is 0. The topological polar surface area (TPSA) is 0 Å². The van der Waals surface area contributed by atoms with Crippen LogP contribution in [0.4, 0.5) is 0 Å². The summed E-state index contributed by atoms with van der Waals surface area (Å²) < 4.78 is 0. The van der Waals surface area contributed by atoms with Gasteiger partial charge in [-0.2, -0.15) is 0 Å². The zero-order valence-corrected chi connectivity index (χ0v) is 52.8. The Morgan fingerprint density at radius 3 is 0.391 bits per heavy atom. The van der Waals surface area contributed by atoms with Gasteiger partial charge >= 0.3 is 0 Å². The summed E-state index contributed by atoms with van der Waals surface area (Å²) in [6.45, 7) is 39.0. The summed E-state index contributed by atoms with van der Waals surface area (Å²) in [6, 6.07) is 0. The molecule has 0 aromatic carbocycles. The SMILES string of the molecule is CC(C)CCC(CCCC(CCCC(CCCBr)CCCC(CCCC(CCC(C)C)CCC(C)C)CCCC(CCC(C)C)CCC(C)C)CCCC(CCC(C)C)CCC(C)C)CCC(C)C. The van der Waals surface area contributed by atoms with Crippen LogP contribution in [0.15, 0.2) is 0 Å². The molecule has 0 N–H and O–H groups in total. The van der Waals surface area contributed by atoms with Gasteiger partial charge in [0.2, 0.25) is 0 Å². The van der Waals surface area contributed by atoms with E-state index in [1.807, 2.05) is 0 Å². The molecule has 0 aliphatic heterocycles. The molecular weight excluding hydrogens is 897 g/mol. The van der Waals surface area contributed by atoms with E-state index < -0.39 is 0 Å². The van der Waals surface area contributed by atoms with Gasteiger partial charge in [-0.15, -0.1) is 0 Å². The van der Waals surface area contributed by atoms with Crippen molar-refractivity contribution >= 4 is 15.9 Å². The van der Waals surface area contributed by atoms with Gasteiger partial charge in [0.05, 0.1) is 0 Å². The molecular formula is C68H137Br. The van der Waals surface area contributed by atoms with Gasteiger partial charge in [-0.3, -0.25) is 0 Å². The van der Waals surface area contributed by atoms with Crippen molar-refractivity contribution in [1.29, 1.82) is 0 Å². The van der Waals surface area contributed by atoms with Crippen LogP contribution < -0.4 is 0 Å². The van der Waals surface area contributed by atoms with Gasteiger partial charge in [-0.05, 0) is 102 Å². The van der Waals surface area contributed by atoms with E-state index in [1.165, 1.54) is 236 Å². The summed E-state index contributed by atoms with van der Waals surface area (Å²) in [7, 11) is 0. The fourth-order valence-electron chi connectivity index (χ4n) is 12.1. The van der Waals surface area contributed by atoms with E-state index >= 15 is 0 Å². The van der Waals surface area contributed by atoms with Crippen molar-refractivity contribution in [1.82, 2.24) is 0 Å². The molecule has 0 amide bonds. The highest BCUT2D eigenvalue weighted by molar-refractivity contribution is 9.09. The van der Waals surface area contributed by atoms with Crippen molar-refractivity contribution in [3.63, 3.8) is 0 Å². The maximum atomic E-state index is 3.87. The smallest absolute Gasteiger partial charge is 0.00314 e. The van der Waals surface area contributed by atoms with E-state index in [2.05, 4.69) is 127 Å². The Morgan fingerprint density at radius 2 is 0.275 bits per heavy atom. The van der Waals surface area contributed by atoms with Crippen LogP contribution in [0.2, 0.25) is 0 Å². The third-order valence-electron chi connectivity index (χ3n) is 17.3. The third-order valence-corrected chi connectivity index (χ3v) is 17.9. The highest BCUT2D eigenvalue weighted by Crippen LogP contribution is 2.35. The standard InChI is InChI=1S/C68H137Br/c1-54(2)37-45-65(46-38-55(3)4)32-19-26-62(27-20-33-66(47-39-56(5)6)48-40-57(7)8)24-17-30-64(36-23-53-69)31-18-25-63(28-21-34-67(49-41-58(9)10)50-42-59(11)12)29-22-35-68(51-43-60(13)14)52-44-61(15)16/h54-68H,17-53H2,1-16H3. The molecule has 0 aliphatic rings. The van der Waals surface area contributed by atoms with Crippen LogP contribution in [0.25, 0.3) is 0 Å². The minimum Gasteiger partial charge on any atom is -0.0928 e. The Hall–Kier alpha value is 0.480. The summed E-state index contributed by atoms with van der Waals surface area (Å²) in [6.07, 6.45) is 52.8. The first-order chi connectivity index (χ1) is 32.8. The van der Waals surface area contributed by atoms with Crippen molar-refractivity contribution in [2.75, 3.05) is 5.33 Å². The molecule has 0 bridgehead atoms. The Bertz CT molecular complexity index is 840. The lowest BCUT2D eigenvalue weighted by atomic mass is 9.81. The summed E-state index contributed by atoms with van der Waals surface area (Å²) in [5.74, 6) is 13.4. The third kappa shape index (κ3) is 46.7. The molecule has 416 valence electrons. The predicted molar refractivity (Wildman–Crippen MR) is 323 cm³/mol. The highest BCUT2D eigenvalue weighted by atomic mass is 79.9. The molecule has 0 unspecified atom stereocenters. The Morgan fingerprint density at radius 1 is 0.159 bits per heavy atom. The molecule has 69 heavy (non-hydrogen) atoms. The summed E-state index contributed by atoms with van der Waals surface area (Å²) in [5, 5.41) is 1.18. The molecule has 0 aliphatic carbocycles. The minimum atomic E-state index is 0.843. The molecule has 0 atom stereocenters. The van der Waals surface area contributed by atoms with E-state index in [9.17, 15) is 0 Å². The van der Waals surface area contributed by atoms with Gasteiger partial charge in [0, 0.05) is 5.33 Å². The molecule has 1 heteroatoms. The van der Waals surface area contributed by atoms with Crippen molar-refractivity contribution in [3.05, 3.63) is 0 Å².